The van der Waals surface area contributed by atoms with Crippen molar-refractivity contribution < 1.29 is 19.5 Å². The number of hydrogen-bond donors (Lipinski definition) is 3. The van der Waals surface area contributed by atoms with Gasteiger partial charge in [0.1, 0.15) is 5.82 Å². The molecule has 9 heteroatoms. The number of aliphatic carboxylic acids is 1. The molecule has 0 radical (unpaired) electrons. The first-order valence-electron chi connectivity index (χ1n) is 8.07. The van der Waals surface area contributed by atoms with Crippen LogP contribution in [0.25, 0.3) is 0 Å². The number of aromatic nitrogens is 1. The Morgan fingerprint density at radius 3 is 2.64 bits per heavy atom. The molecule has 0 unspecified atom stereocenters. The van der Waals surface area contributed by atoms with E-state index in [4.69, 9.17) is 5.73 Å². The maximum absolute atomic E-state index is 11.6. The van der Waals surface area contributed by atoms with Crippen LogP contribution in [0.5, 0.6) is 0 Å². The first kappa shape index (κ1) is 18.7. The summed E-state index contributed by atoms with van der Waals surface area (Å²) in [4.78, 5) is 42.2. The molecule has 1 saturated heterocycles. The van der Waals surface area contributed by atoms with Gasteiger partial charge in [-0.05, 0) is 12.1 Å². The lowest BCUT2D eigenvalue weighted by Gasteiger charge is -2.23. The number of hydrogen-bond acceptors (Lipinski definition) is 6. The molecule has 2 amide bonds. The molecular weight excluding hydrogens is 326 g/mol. The lowest BCUT2D eigenvalue weighted by molar-refractivity contribution is -0.141. The number of carboxylic acids is 1. The van der Waals surface area contributed by atoms with Crippen molar-refractivity contribution in [1.29, 1.82) is 0 Å². The van der Waals surface area contributed by atoms with Crippen molar-refractivity contribution in [1.82, 2.24) is 15.2 Å². The van der Waals surface area contributed by atoms with Gasteiger partial charge in [-0.25, -0.2) is 4.98 Å². The van der Waals surface area contributed by atoms with Crippen LogP contribution in [-0.2, 0) is 9.59 Å². The second-order valence-corrected chi connectivity index (χ2v) is 5.97. The van der Waals surface area contributed by atoms with Crippen molar-refractivity contribution in [3.8, 4) is 0 Å². The lowest BCUT2D eigenvalue weighted by Crippen LogP contribution is -2.36. The zero-order valence-corrected chi connectivity index (χ0v) is 14.1. The summed E-state index contributed by atoms with van der Waals surface area (Å²) in [5, 5.41) is 12.0. The first-order chi connectivity index (χ1) is 11.9. The van der Waals surface area contributed by atoms with Crippen LogP contribution in [0.1, 0.15) is 16.8 Å². The first-order valence-corrected chi connectivity index (χ1v) is 8.07. The van der Waals surface area contributed by atoms with Crippen molar-refractivity contribution >= 4 is 23.6 Å². The summed E-state index contributed by atoms with van der Waals surface area (Å²) in [5.74, 6) is -1.50. The average Bonchev–Trinajstić information content (AvgIpc) is 2.82. The molecule has 1 aliphatic rings. The summed E-state index contributed by atoms with van der Waals surface area (Å²) in [5.41, 5.74) is 5.51. The molecule has 4 N–H and O–H groups in total. The molecule has 25 heavy (non-hydrogen) atoms. The van der Waals surface area contributed by atoms with Gasteiger partial charge < -0.3 is 26.0 Å². The molecule has 1 aliphatic heterocycles. The molecule has 1 fully saturated rings. The number of pyridine rings is 1. The Labute approximate surface area is 145 Å². The van der Waals surface area contributed by atoms with E-state index in [0.717, 1.165) is 0 Å². The second kappa shape index (κ2) is 8.43. The Morgan fingerprint density at radius 2 is 2.08 bits per heavy atom. The van der Waals surface area contributed by atoms with Crippen LogP contribution in [-0.4, -0.2) is 72.5 Å². The van der Waals surface area contributed by atoms with Gasteiger partial charge in [-0.3, -0.25) is 14.4 Å². The Bertz CT molecular complexity index is 634. The predicted octanol–water partition coefficient (Wildman–Crippen LogP) is -0.861. The van der Waals surface area contributed by atoms with Crippen molar-refractivity contribution in [3.63, 3.8) is 0 Å². The molecule has 0 bridgehead atoms. The number of anilines is 1. The van der Waals surface area contributed by atoms with Crippen molar-refractivity contribution in [3.05, 3.63) is 23.9 Å². The number of nitrogens with one attached hydrogen (secondary N) is 1. The summed E-state index contributed by atoms with van der Waals surface area (Å²) < 4.78 is 0. The van der Waals surface area contributed by atoms with E-state index in [9.17, 15) is 19.5 Å². The van der Waals surface area contributed by atoms with Gasteiger partial charge in [0.05, 0.1) is 11.5 Å². The lowest BCUT2D eigenvalue weighted by atomic mass is 10.1. The van der Waals surface area contributed by atoms with E-state index in [1.54, 1.807) is 19.2 Å². The predicted molar refractivity (Wildman–Crippen MR) is 91.2 cm³/mol. The summed E-state index contributed by atoms with van der Waals surface area (Å²) in [7, 11) is 1.58. The van der Waals surface area contributed by atoms with Gasteiger partial charge in [-0.15, -0.1) is 0 Å². The minimum atomic E-state index is -0.884. The molecule has 1 atom stereocenters. The Balaban J connectivity index is 2.09. The normalized spacial score (nSPS) is 18.4. The largest absolute Gasteiger partial charge is 0.481 e. The molecule has 2 rings (SSSR count). The number of carbonyl (C=O) groups is 3. The van der Waals surface area contributed by atoms with Crippen LogP contribution in [0.4, 0.5) is 5.82 Å². The van der Waals surface area contributed by atoms with Gasteiger partial charge in [0.2, 0.25) is 11.8 Å². The Hall–Kier alpha value is -2.68. The number of rotatable bonds is 6. The maximum Gasteiger partial charge on any atom is 0.309 e. The van der Waals surface area contributed by atoms with E-state index in [2.05, 4.69) is 10.3 Å². The van der Waals surface area contributed by atoms with Gasteiger partial charge >= 0.3 is 5.97 Å². The zero-order chi connectivity index (χ0) is 18.4. The molecule has 136 valence electrons. The number of nitrogens with zero attached hydrogens (tertiary/aromatic N) is 3. The van der Waals surface area contributed by atoms with Crippen molar-refractivity contribution in [2.75, 3.05) is 44.7 Å². The van der Waals surface area contributed by atoms with Crippen LogP contribution in [0, 0.1) is 5.92 Å². The molecule has 0 spiro atoms. The third-order valence-electron chi connectivity index (χ3n) is 4.25. The highest BCUT2D eigenvalue weighted by Crippen LogP contribution is 2.17. The standard InChI is InChI=1S/C16H23N5O4/c1-18-14(22)4-5-20-6-7-21(10-12(9-20)16(24)25)13-3-2-11(8-19-13)15(17)23/h2-3,8,12H,4-7,9-10H2,1H3,(H2,17,23)(H,18,22)(H,24,25)/t12-/m0/s1. The smallest absolute Gasteiger partial charge is 0.309 e. The molecule has 1 aromatic rings. The van der Waals surface area contributed by atoms with Crippen LogP contribution in [0.15, 0.2) is 18.3 Å². The molecule has 0 aromatic carbocycles. The topological polar surface area (TPSA) is 129 Å². The van der Waals surface area contributed by atoms with Gasteiger partial charge in [0.15, 0.2) is 0 Å². The third-order valence-corrected chi connectivity index (χ3v) is 4.25. The fourth-order valence-corrected chi connectivity index (χ4v) is 2.75. The molecule has 1 aromatic heterocycles. The molecular formula is C16H23N5O4. The van der Waals surface area contributed by atoms with E-state index >= 15 is 0 Å². The maximum atomic E-state index is 11.6. The van der Waals surface area contributed by atoms with Gasteiger partial charge in [-0.1, -0.05) is 0 Å². The van der Waals surface area contributed by atoms with E-state index in [-0.39, 0.29) is 5.91 Å². The van der Waals surface area contributed by atoms with Gasteiger partial charge in [0, 0.05) is 52.4 Å². The van der Waals surface area contributed by atoms with Crippen LogP contribution < -0.4 is 16.0 Å². The van der Waals surface area contributed by atoms with Crippen molar-refractivity contribution in [2.24, 2.45) is 11.7 Å². The Morgan fingerprint density at radius 1 is 1.32 bits per heavy atom. The van der Waals surface area contributed by atoms with Crippen LogP contribution >= 0.6 is 0 Å². The fraction of sp³-hybridized carbons (Fsp3) is 0.500. The zero-order valence-electron chi connectivity index (χ0n) is 14.1. The minimum absolute atomic E-state index is 0.0725. The van der Waals surface area contributed by atoms with E-state index in [0.29, 0.717) is 50.5 Å². The summed E-state index contributed by atoms with van der Waals surface area (Å²) in [6.45, 7) is 2.41. The number of nitrogens with two attached hydrogens (primary N) is 1. The quantitative estimate of drug-likeness (QED) is 0.609. The minimum Gasteiger partial charge on any atom is -0.481 e. The van der Waals surface area contributed by atoms with Crippen molar-refractivity contribution in [2.45, 2.75) is 6.42 Å². The molecule has 9 nitrogen and oxygen atoms in total. The monoisotopic (exact) mass is 349 g/mol. The van der Waals surface area contributed by atoms with E-state index in [1.807, 2.05) is 9.80 Å². The summed E-state index contributed by atoms with van der Waals surface area (Å²) >= 11 is 0. The number of primary amides is 1. The Kier molecular flexibility index (Phi) is 6.29. The summed E-state index contributed by atoms with van der Waals surface area (Å²) in [6.07, 6.45) is 1.72. The van der Waals surface area contributed by atoms with E-state index < -0.39 is 17.8 Å². The highest BCUT2D eigenvalue weighted by atomic mass is 16.4. The highest BCUT2D eigenvalue weighted by Gasteiger charge is 2.28. The van der Waals surface area contributed by atoms with Crippen LogP contribution in [0.2, 0.25) is 0 Å². The molecule has 2 heterocycles. The SMILES string of the molecule is CNC(=O)CCN1CCN(c2ccc(C(N)=O)cn2)C[C@@H](C(=O)O)C1. The number of carbonyl (C=O) groups excluding carboxylic acids is 2. The second-order valence-electron chi connectivity index (χ2n) is 5.97. The van der Waals surface area contributed by atoms with E-state index in [1.165, 1.54) is 6.20 Å². The fourth-order valence-electron chi connectivity index (χ4n) is 2.75. The third kappa shape index (κ3) is 5.15. The molecule has 0 saturated carbocycles. The number of carboxylic acid groups (broad SMARTS) is 1. The average molecular weight is 349 g/mol. The summed E-state index contributed by atoms with van der Waals surface area (Å²) in [6, 6.07) is 3.24. The van der Waals surface area contributed by atoms with Crippen LogP contribution in [0.3, 0.4) is 0 Å². The molecule has 0 aliphatic carbocycles. The van der Waals surface area contributed by atoms with Gasteiger partial charge in [0.25, 0.3) is 0 Å². The number of amides is 2. The van der Waals surface area contributed by atoms with Gasteiger partial charge in [-0.2, -0.15) is 0 Å². The highest BCUT2D eigenvalue weighted by molar-refractivity contribution is 5.92.